The van der Waals surface area contributed by atoms with Gasteiger partial charge in [-0.2, -0.15) is 0 Å². The standard InChI is InChI=1S/C21H22N4O5/c1-12(2)21(27)29-17-15(28-4)10-11-22-16(17)18(26)23-13(3)19-24-25-20(30-19)14-8-6-5-7-9-14/h5-13H,1-4H3,(H,23,26)/t13-/m0/s1. The van der Waals surface area contributed by atoms with Crippen LogP contribution in [0.3, 0.4) is 0 Å². The van der Waals surface area contributed by atoms with E-state index in [0.29, 0.717) is 5.89 Å². The zero-order valence-electron chi connectivity index (χ0n) is 17.1. The maximum Gasteiger partial charge on any atom is 0.313 e. The molecule has 0 aliphatic carbocycles. The van der Waals surface area contributed by atoms with E-state index in [-0.39, 0.29) is 29.0 Å². The van der Waals surface area contributed by atoms with Gasteiger partial charge in [0.2, 0.25) is 17.5 Å². The van der Waals surface area contributed by atoms with Crippen molar-refractivity contribution in [2.24, 2.45) is 5.92 Å². The van der Waals surface area contributed by atoms with Crippen LogP contribution in [0.2, 0.25) is 0 Å². The lowest BCUT2D eigenvalue weighted by atomic mass is 10.2. The Morgan fingerprint density at radius 3 is 2.47 bits per heavy atom. The summed E-state index contributed by atoms with van der Waals surface area (Å²) in [6, 6.07) is 10.2. The average Bonchev–Trinajstić information content (AvgIpc) is 3.24. The van der Waals surface area contributed by atoms with Crippen LogP contribution in [0, 0.1) is 5.92 Å². The molecule has 0 saturated heterocycles. The van der Waals surface area contributed by atoms with Gasteiger partial charge in [-0.15, -0.1) is 10.2 Å². The fourth-order valence-corrected chi connectivity index (χ4v) is 2.50. The molecular formula is C21H22N4O5. The molecule has 0 bridgehead atoms. The van der Waals surface area contributed by atoms with Crippen LogP contribution in [0.15, 0.2) is 47.0 Å². The first-order valence-corrected chi connectivity index (χ1v) is 9.35. The van der Waals surface area contributed by atoms with Crippen LogP contribution in [-0.2, 0) is 4.79 Å². The van der Waals surface area contributed by atoms with Crippen LogP contribution in [0.4, 0.5) is 0 Å². The van der Waals surface area contributed by atoms with Crippen molar-refractivity contribution < 1.29 is 23.5 Å². The highest BCUT2D eigenvalue weighted by atomic mass is 16.6. The number of hydrogen-bond acceptors (Lipinski definition) is 8. The molecule has 9 nitrogen and oxygen atoms in total. The summed E-state index contributed by atoms with van der Waals surface area (Å²) >= 11 is 0. The molecule has 0 spiro atoms. The molecule has 1 atom stereocenters. The Balaban J connectivity index is 1.80. The molecular weight excluding hydrogens is 388 g/mol. The van der Waals surface area contributed by atoms with Gasteiger partial charge in [-0.25, -0.2) is 4.98 Å². The number of ether oxygens (including phenoxy) is 2. The third kappa shape index (κ3) is 4.62. The zero-order valence-corrected chi connectivity index (χ0v) is 17.1. The summed E-state index contributed by atoms with van der Waals surface area (Å²) in [6.07, 6.45) is 1.39. The van der Waals surface area contributed by atoms with E-state index in [1.54, 1.807) is 20.8 Å². The van der Waals surface area contributed by atoms with Gasteiger partial charge in [0.1, 0.15) is 6.04 Å². The van der Waals surface area contributed by atoms with Crippen LogP contribution in [0.5, 0.6) is 11.5 Å². The highest BCUT2D eigenvalue weighted by Gasteiger charge is 2.25. The molecule has 2 heterocycles. The first kappa shape index (κ1) is 21.0. The average molecular weight is 410 g/mol. The molecule has 3 rings (SSSR count). The Bertz CT molecular complexity index is 1030. The lowest BCUT2D eigenvalue weighted by molar-refractivity contribution is -0.137. The summed E-state index contributed by atoms with van der Waals surface area (Å²) in [4.78, 5) is 29.0. The fourth-order valence-electron chi connectivity index (χ4n) is 2.50. The Kier molecular flexibility index (Phi) is 6.41. The number of aromatic nitrogens is 3. The molecule has 0 fully saturated rings. The Morgan fingerprint density at radius 1 is 1.07 bits per heavy atom. The van der Waals surface area contributed by atoms with Gasteiger partial charge < -0.3 is 19.2 Å². The van der Waals surface area contributed by atoms with Gasteiger partial charge in [0.15, 0.2) is 11.4 Å². The number of carbonyl (C=O) groups excluding carboxylic acids is 2. The molecule has 9 heteroatoms. The number of nitrogens with zero attached hydrogens (tertiary/aromatic N) is 3. The number of esters is 1. The van der Waals surface area contributed by atoms with E-state index in [4.69, 9.17) is 13.9 Å². The van der Waals surface area contributed by atoms with Crippen molar-refractivity contribution in [2.75, 3.05) is 7.11 Å². The van der Waals surface area contributed by atoms with Crippen molar-refractivity contribution >= 4 is 11.9 Å². The lowest BCUT2D eigenvalue weighted by Gasteiger charge is -2.15. The van der Waals surface area contributed by atoms with E-state index < -0.39 is 17.9 Å². The van der Waals surface area contributed by atoms with Gasteiger partial charge in [0, 0.05) is 17.8 Å². The second-order valence-corrected chi connectivity index (χ2v) is 6.77. The second-order valence-electron chi connectivity index (χ2n) is 6.77. The third-order valence-corrected chi connectivity index (χ3v) is 4.16. The Labute approximate surface area is 173 Å². The predicted molar refractivity (Wildman–Crippen MR) is 107 cm³/mol. The van der Waals surface area contributed by atoms with Crippen LogP contribution < -0.4 is 14.8 Å². The number of pyridine rings is 1. The summed E-state index contributed by atoms with van der Waals surface area (Å²) in [5.41, 5.74) is 0.685. The zero-order chi connectivity index (χ0) is 21.7. The molecule has 2 aromatic heterocycles. The van der Waals surface area contributed by atoms with Crippen LogP contribution in [0.25, 0.3) is 11.5 Å². The quantitative estimate of drug-likeness (QED) is 0.590. The van der Waals surface area contributed by atoms with Crippen molar-refractivity contribution in [3.8, 4) is 23.0 Å². The smallest absolute Gasteiger partial charge is 0.313 e. The summed E-state index contributed by atoms with van der Waals surface area (Å²) in [7, 11) is 1.41. The molecule has 0 aliphatic heterocycles. The van der Waals surface area contributed by atoms with E-state index in [0.717, 1.165) is 5.56 Å². The molecule has 0 aliphatic rings. The maximum atomic E-state index is 12.8. The minimum atomic E-state index is -0.607. The summed E-state index contributed by atoms with van der Waals surface area (Å²) < 4.78 is 16.3. The van der Waals surface area contributed by atoms with Gasteiger partial charge >= 0.3 is 5.97 Å². The van der Waals surface area contributed by atoms with Gasteiger partial charge in [-0.3, -0.25) is 9.59 Å². The summed E-state index contributed by atoms with van der Waals surface area (Å²) in [6.45, 7) is 5.07. The number of amides is 1. The van der Waals surface area contributed by atoms with Gasteiger partial charge in [-0.1, -0.05) is 32.0 Å². The number of methoxy groups -OCH3 is 1. The molecule has 0 radical (unpaired) electrons. The normalized spacial score (nSPS) is 11.8. The molecule has 1 N–H and O–H groups in total. The van der Waals surface area contributed by atoms with E-state index in [1.165, 1.54) is 19.4 Å². The molecule has 3 aromatic rings. The van der Waals surface area contributed by atoms with Crippen LogP contribution in [0.1, 0.15) is 43.2 Å². The van der Waals surface area contributed by atoms with Gasteiger partial charge in [0.25, 0.3) is 5.91 Å². The molecule has 0 saturated carbocycles. The van der Waals surface area contributed by atoms with Crippen molar-refractivity contribution in [1.29, 1.82) is 0 Å². The molecule has 0 unspecified atom stereocenters. The minimum Gasteiger partial charge on any atom is -0.493 e. The highest BCUT2D eigenvalue weighted by Crippen LogP contribution is 2.30. The fraction of sp³-hybridized carbons (Fsp3) is 0.286. The molecule has 156 valence electrons. The van der Waals surface area contributed by atoms with E-state index in [2.05, 4.69) is 20.5 Å². The maximum absolute atomic E-state index is 12.8. The SMILES string of the molecule is COc1ccnc(C(=O)N[C@@H](C)c2nnc(-c3ccccc3)o2)c1OC(=O)C(C)C. The monoisotopic (exact) mass is 410 g/mol. The second kappa shape index (κ2) is 9.17. The topological polar surface area (TPSA) is 116 Å². The Hall–Kier alpha value is -3.75. The van der Waals surface area contributed by atoms with Gasteiger partial charge in [0.05, 0.1) is 13.0 Å². The molecule has 30 heavy (non-hydrogen) atoms. The lowest BCUT2D eigenvalue weighted by Crippen LogP contribution is -2.29. The molecule has 1 aromatic carbocycles. The van der Waals surface area contributed by atoms with Crippen molar-refractivity contribution in [2.45, 2.75) is 26.8 Å². The van der Waals surface area contributed by atoms with Crippen molar-refractivity contribution in [3.63, 3.8) is 0 Å². The molecule has 1 amide bonds. The predicted octanol–water partition coefficient (Wildman–Crippen LogP) is 3.19. The van der Waals surface area contributed by atoms with Crippen LogP contribution in [-0.4, -0.2) is 34.2 Å². The van der Waals surface area contributed by atoms with Crippen molar-refractivity contribution in [1.82, 2.24) is 20.5 Å². The Morgan fingerprint density at radius 2 is 1.80 bits per heavy atom. The first-order valence-electron chi connectivity index (χ1n) is 9.35. The van der Waals surface area contributed by atoms with Crippen LogP contribution >= 0.6 is 0 Å². The van der Waals surface area contributed by atoms with E-state index in [1.807, 2.05) is 30.3 Å². The van der Waals surface area contributed by atoms with Crippen molar-refractivity contribution in [3.05, 3.63) is 54.2 Å². The summed E-state index contributed by atoms with van der Waals surface area (Å²) in [5.74, 6) is -0.719. The largest absolute Gasteiger partial charge is 0.493 e. The number of carbonyl (C=O) groups is 2. The third-order valence-electron chi connectivity index (χ3n) is 4.16. The number of benzene rings is 1. The number of nitrogens with one attached hydrogen (secondary N) is 1. The highest BCUT2D eigenvalue weighted by molar-refractivity contribution is 5.96. The number of rotatable bonds is 7. The number of hydrogen-bond donors (Lipinski definition) is 1. The van der Waals surface area contributed by atoms with E-state index in [9.17, 15) is 9.59 Å². The minimum absolute atomic E-state index is 0.0427. The van der Waals surface area contributed by atoms with E-state index >= 15 is 0 Å². The first-order chi connectivity index (χ1) is 14.4. The summed E-state index contributed by atoms with van der Waals surface area (Å²) in [5, 5.41) is 10.8. The van der Waals surface area contributed by atoms with Gasteiger partial charge in [-0.05, 0) is 19.1 Å².